The zero-order chi connectivity index (χ0) is 23.5. The first-order valence-electron chi connectivity index (χ1n) is 11.9. The predicted molar refractivity (Wildman–Crippen MR) is 135 cm³/mol. The monoisotopic (exact) mass is 457 g/mol. The minimum absolute atomic E-state index is 0.100. The molecule has 3 aromatic carbocycles. The Hall–Kier alpha value is -3.51. The molecule has 6 heteroatoms. The van der Waals surface area contributed by atoms with Crippen LogP contribution in [0.3, 0.4) is 0 Å². The van der Waals surface area contributed by atoms with Crippen molar-refractivity contribution in [3.63, 3.8) is 0 Å². The highest BCUT2D eigenvalue weighted by atomic mass is 16.5. The fourth-order valence-electron chi connectivity index (χ4n) is 5.14. The van der Waals surface area contributed by atoms with E-state index in [1.807, 2.05) is 54.6 Å². The van der Waals surface area contributed by atoms with Gasteiger partial charge >= 0.3 is 0 Å². The summed E-state index contributed by atoms with van der Waals surface area (Å²) >= 11 is 0. The number of methoxy groups -OCH3 is 2. The number of anilines is 2. The Morgan fingerprint density at radius 3 is 2.35 bits per heavy atom. The highest BCUT2D eigenvalue weighted by molar-refractivity contribution is 6.04. The Bertz CT molecular complexity index is 1150. The summed E-state index contributed by atoms with van der Waals surface area (Å²) in [4.78, 5) is 15.0. The number of hydrogen-bond acceptors (Lipinski definition) is 5. The molecule has 2 heterocycles. The molecule has 0 spiro atoms. The van der Waals surface area contributed by atoms with Gasteiger partial charge in [0.25, 0.3) is 5.91 Å². The van der Waals surface area contributed by atoms with Crippen LogP contribution in [-0.4, -0.2) is 44.2 Å². The van der Waals surface area contributed by atoms with Gasteiger partial charge in [0.2, 0.25) is 0 Å². The quantitative estimate of drug-likeness (QED) is 0.537. The summed E-state index contributed by atoms with van der Waals surface area (Å²) in [6.07, 6.45) is 3.18. The standard InChI is InChI=1S/C28H31N3O3/c1-33-26-16-20-12-14-31-15-13-23(17-25(31)24(20)18-27(26)34-2)29-21-8-10-22(11-9-21)30-28(32)19-6-4-3-5-7-19/h3-11,16,18,23,25,29H,12-15,17H2,1-2H3,(H,30,32). The molecule has 2 aliphatic heterocycles. The second-order valence-electron chi connectivity index (χ2n) is 8.97. The topological polar surface area (TPSA) is 62.8 Å². The molecule has 2 atom stereocenters. The van der Waals surface area contributed by atoms with Gasteiger partial charge in [0.15, 0.2) is 11.5 Å². The first-order valence-corrected chi connectivity index (χ1v) is 11.9. The molecule has 34 heavy (non-hydrogen) atoms. The Kier molecular flexibility index (Phi) is 6.41. The molecule has 1 fully saturated rings. The van der Waals surface area contributed by atoms with E-state index < -0.39 is 0 Å². The van der Waals surface area contributed by atoms with Gasteiger partial charge < -0.3 is 20.1 Å². The molecule has 1 saturated heterocycles. The fraction of sp³-hybridized carbons (Fsp3) is 0.321. The lowest BCUT2D eigenvalue weighted by Gasteiger charge is -2.44. The number of carbonyl (C=O) groups is 1. The van der Waals surface area contributed by atoms with Gasteiger partial charge in [-0.3, -0.25) is 9.69 Å². The van der Waals surface area contributed by atoms with E-state index in [9.17, 15) is 4.79 Å². The first kappa shape index (κ1) is 22.3. The predicted octanol–water partition coefficient (Wildman–Crippen LogP) is 5.13. The molecule has 6 nitrogen and oxygen atoms in total. The molecule has 0 aromatic heterocycles. The van der Waals surface area contributed by atoms with Crippen LogP contribution in [0.5, 0.6) is 11.5 Å². The van der Waals surface area contributed by atoms with Crippen molar-refractivity contribution in [1.29, 1.82) is 0 Å². The Morgan fingerprint density at radius 2 is 1.62 bits per heavy atom. The largest absolute Gasteiger partial charge is 0.493 e. The SMILES string of the molecule is COc1cc2c(cc1OC)C1CC(Nc3ccc(NC(=O)c4ccccc4)cc3)CCN1CC2. The molecule has 5 rings (SSSR count). The lowest BCUT2D eigenvalue weighted by atomic mass is 9.84. The number of piperidine rings is 1. The maximum atomic E-state index is 12.4. The highest BCUT2D eigenvalue weighted by Gasteiger charge is 2.34. The third-order valence-electron chi connectivity index (χ3n) is 6.94. The summed E-state index contributed by atoms with van der Waals surface area (Å²) in [6.45, 7) is 2.15. The lowest BCUT2D eigenvalue weighted by molar-refractivity contribution is 0.102. The van der Waals surface area contributed by atoms with Gasteiger partial charge in [0.1, 0.15) is 0 Å². The highest BCUT2D eigenvalue weighted by Crippen LogP contribution is 2.42. The number of benzene rings is 3. The van der Waals surface area contributed by atoms with Crippen molar-refractivity contribution in [3.8, 4) is 11.5 Å². The maximum absolute atomic E-state index is 12.4. The van der Waals surface area contributed by atoms with Crippen molar-refractivity contribution < 1.29 is 14.3 Å². The van der Waals surface area contributed by atoms with Gasteiger partial charge in [-0.2, -0.15) is 0 Å². The second-order valence-corrected chi connectivity index (χ2v) is 8.97. The van der Waals surface area contributed by atoms with E-state index in [2.05, 4.69) is 27.7 Å². The van der Waals surface area contributed by atoms with E-state index in [4.69, 9.17) is 9.47 Å². The molecule has 2 unspecified atom stereocenters. The summed E-state index contributed by atoms with van der Waals surface area (Å²) in [7, 11) is 3.39. The van der Waals surface area contributed by atoms with Crippen molar-refractivity contribution in [2.24, 2.45) is 0 Å². The van der Waals surface area contributed by atoms with Crippen LogP contribution < -0.4 is 20.1 Å². The average molecular weight is 458 g/mol. The van der Waals surface area contributed by atoms with Crippen molar-refractivity contribution in [2.75, 3.05) is 37.9 Å². The fourth-order valence-corrected chi connectivity index (χ4v) is 5.14. The maximum Gasteiger partial charge on any atom is 0.255 e. The van der Waals surface area contributed by atoms with E-state index in [1.54, 1.807) is 14.2 Å². The Labute approximate surface area is 200 Å². The molecule has 3 aromatic rings. The molecule has 0 bridgehead atoms. The van der Waals surface area contributed by atoms with Crippen molar-refractivity contribution in [2.45, 2.75) is 31.3 Å². The zero-order valence-corrected chi connectivity index (χ0v) is 19.7. The number of nitrogens with one attached hydrogen (secondary N) is 2. The second kappa shape index (κ2) is 9.77. The van der Waals surface area contributed by atoms with E-state index >= 15 is 0 Å². The summed E-state index contributed by atoms with van der Waals surface area (Å²) in [5.74, 6) is 1.50. The van der Waals surface area contributed by atoms with Gasteiger partial charge in [-0.05, 0) is 78.9 Å². The third-order valence-corrected chi connectivity index (χ3v) is 6.94. The number of fused-ring (bicyclic) bond motifs is 3. The van der Waals surface area contributed by atoms with Crippen molar-refractivity contribution in [1.82, 2.24) is 4.90 Å². The first-order chi connectivity index (χ1) is 16.6. The number of amides is 1. The van der Waals surface area contributed by atoms with E-state index in [0.29, 0.717) is 17.6 Å². The summed E-state index contributed by atoms with van der Waals surface area (Å²) in [5.41, 5.74) is 5.22. The van der Waals surface area contributed by atoms with E-state index in [-0.39, 0.29) is 5.91 Å². The van der Waals surface area contributed by atoms with Crippen LogP contribution in [-0.2, 0) is 6.42 Å². The minimum Gasteiger partial charge on any atom is -0.493 e. The van der Waals surface area contributed by atoms with Crippen LogP contribution in [0.1, 0.15) is 40.4 Å². The molecule has 176 valence electrons. The van der Waals surface area contributed by atoms with Crippen molar-refractivity contribution in [3.05, 3.63) is 83.4 Å². The van der Waals surface area contributed by atoms with Gasteiger partial charge in [0.05, 0.1) is 14.2 Å². The minimum atomic E-state index is -0.100. The van der Waals surface area contributed by atoms with Gasteiger partial charge in [-0.25, -0.2) is 0 Å². The van der Waals surface area contributed by atoms with Crippen LogP contribution in [0.25, 0.3) is 0 Å². The van der Waals surface area contributed by atoms with Gasteiger partial charge in [-0.1, -0.05) is 18.2 Å². The summed E-state index contributed by atoms with van der Waals surface area (Å²) in [5, 5.41) is 6.67. The normalized spacial score (nSPS) is 19.5. The molecule has 1 amide bonds. The van der Waals surface area contributed by atoms with Crippen LogP contribution in [0, 0.1) is 0 Å². The smallest absolute Gasteiger partial charge is 0.255 e. The molecule has 0 radical (unpaired) electrons. The Balaban J connectivity index is 1.25. The number of ether oxygens (including phenoxy) is 2. The number of nitrogens with zero attached hydrogens (tertiary/aromatic N) is 1. The molecule has 2 N–H and O–H groups in total. The van der Waals surface area contributed by atoms with E-state index in [0.717, 1.165) is 55.2 Å². The summed E-state index contributed by atoms with van der Waals surface area (Å²) in [6, 6.07) is 22.3. The van der Waals surface area contributed by atoms with E-state index in [1.165, 1.54) is 11.1 Å². The molecule has 2 aliphatic rings. The number of hydrogen-bond donors (Lipinski definition) is 2. The van der Waals surface area contributed by atoms with Crippen molar-refractivity contribution >= 4 is 17.3 Å². The number of rotatable bonds is 6. The van der Waals surface area contributed by atoms with Crippen LogP contribution in [0.15, 0.2) is 66.7 Å². The lowest BCUT2D eigenvalue weighted by Crippen LogP contribution is -2.44. The third kappa shape index (κ3) is 4.59. The molecular weight excluding hydrogens is 426 g/mol. The van der Waals surface area contributed by atoms with Crippen LogP contribution in [0.2, 0.25) is 0 Å². The molecule has 0 aliphatic carbocycles. The molecular formula is C28H31N3O3. The zero-order valence-electron chi connectivity index (χ0n) is 19.7. The molecule has 0 saturated carbocycles. The van der Waals surface area contributed by atoms with Crippen LogP contribution >= 0.6 is 0 Å². The summed E-state index contributed by atoms with van der Waals surface area (Å²) < 4.78 is 11.1. The Morgan fingerprint density at radius 1 is 0.912 bits per heavy atom. The number of carbonyl (C=O) groups excluding carboxylic acids is 1. The van der Waals surface area contributed by atoms with Gasteiger partial charge in [0, 0.05) is 42.1 Å². The van der Waals surface area contributed by atoms with Gasteiger partial charge in [-0.15, -0.1) is 0 Å². The van der Waals surface area contributed by atoms with Crippen LogP contribution in [0.4, 0.5) is 11.4 Å². The average Bonchev–Trinajstić information content (AvgIpc) is 2.89.